The van der Waals surface area contributed by atoms with Crippen molar-refractivity contribution in [1.82, 2.24) is 19.6 Å². The molecule has 108 valence electrons. The lowest BCUT2D eigenvalue weighted by atomic mass is 10.3. The van der Waals surface area contributed by atoms with Gasteiger partial charge in [-0.25, -0.2) is 0 Å². The van der Waals surface area contributed by atoms with Crippen LogP contribution in [0.3, 0.4) is 0 Å². The monoisotopic (exact) mass is 293 g/mol. The Morgan fingerprint density at radius 1 is 1.40 bits per heavy atom. The molecule has 0 aromatic carbocycles. The number of carbonyl (C=O) groups excluding carboxylic acids is 1. The number of aromatic nitrogens is 2. The van der Waals surface area contributed by atoms with Crippen LogP contribution in [0.4, 0.5) is 0 Å². The van der Waals surface area contributed by atoms with Crippen LogP contribution < -0.4 is 0 Å². The maximum absolute atomic E-state index is 12.2. The first kappa shape index (κ1) is 13.5. The molecule has 1 atom stereocenters. The summed E-state index contributed by atoms with van der Waals surface area (Å²) in [5.74, 6) is 0.141. The highest BCUT2D eigenvalue weighted by Gasteiger charge is 2.26. The molecule has 0 radical (unpaired) electrons. The van der Waals surface area contributed by atoms with Crippen molar-refractivity contribution in [2.45, 2.75) is 18.7 Å². The number of thioether (sulfide) groups is 1. The summed E-state index contributed by atoms with van der Waals surface area (Å²) in [6.07, 6.45) is 3.52. The summed E-state index contributed by atoms with van der Waals surface area (Å²) in [7, 11) is 0. The van der Waals surface area contributed by atoms with E-state index in [2.05, 4.69) is 21.9 Å². The van der Waals surface area contributed by atoms with Gasteiger partial charge in [-0.05, 0) is 6.07 Å². The third-order valence-electron chi connectivity index (χ3n) is 3.55. The van der Waals surface area contributed by atoms with Gasteiger partial charge in [0.05, 0.1) is 6.54 Å². The molecular weight excluding hydrogens is 274 g/mol. The topological polar surface area (TPSA) is 53.7 Å². The molecule has 3 rings (SSSR count). The zero-order chi connectivity index (χ0) is 13.9. The molecule has 1 amide bonds. The smallest absolute Gasteiger partial charge is 0.244 e. The van der Waals surface area contributed by atoms with E-state index in [4.69, 9.17) is 0 Å². The van der Waals surface area contributed by atoms with Crippen LogP contribution in [0.15, 0.2) is 23.5 Å². The Morgan fingerprint density at radius 3 is 2.80 bits per heavy atom. The number of aliphatic imine (C=N–C) groups is 1. The first-order chi connectivity index (χ1) is 9.72. The largest absolute Gasteiger partial charge is 0.348 e. The van der Waals surface area contributed by atoms with E-state index in [0.29, 0.717) is 11.8 Å². The first-order valence-corrected chi connectivity index (χ1v) is 7.81. The van der Waals surface area contributed by atoms with Gasteiger partial charge in [-0.1, -0.05) is 18.7 Å². The van der Waals surface area contributed by atoms with Gasteiger partial charge in [0.25, 0.3) is 0 Å². The van der Waals surface area contributed by atoms with E-state index < -0.39 is 0 Å². The molecule has 1 fully saturated rings. The summed E-state index contributed by atoms with van der Waals surface area (Å²) in [6.45, 7) is 6.75. The lowest BCUT2D eigenvalue weighted by molar-refractivity contribution is -0.133. The Bertz CT molecular complexity index is 493. The summed E-state index contributed by atoms with van der Waals surface area (Å²) in [4.78, 5) is 20.9. The average Bonchev–Trinajstić information content (AvgIpc) is 3.10. The fraction of sp³-hybridized carbons (Fsp3) is 0.615. The molecule has 1 aromatic heterocycles. The molecule has 0 unspecified atom stereocenters. The van der Waals surface area contributed by atoms with Gasteiger partial charge < -0.3 is 9.80 Å². The second-order valence-corrected chi connectivity index (χ2v) is 6.53. The molecule has 1 saturated heterocycles. The third-order valence-corrected chi connectivity index (χ3v) is 4.70. The number of rotatable bonds is 2. The van der Waals surface area contributed by atoms with E-state index in [-0.39, 0.29) is 5.91 Å². The second kappa shape index (κ2) is 5.87. The van der Waals surface area contributed by atoms with E-state index in [0.717, 1.165) is 37.9 Å². The third kappa shape index (κ3) is 2.98. The number of hydrogen-bond acceptors (Lipinski definition) is 5. The van der Waals surface area contributed by atoms with Crippen molar-refractivity contribution in [1.29, 1.82) is 0 Å². The molecule has 1 aromatic rings. The SMILES string of the molecule is C[C@H]1CN=C(N2CCN(C(=O)Cn3cccn3)CC2)S1. The van der Waals surface area contributed by atoms with Crippen molar-refractivity contribution in [2.75, 3.05) is 32.7 Å². The van der Waals surface area contributed by atoms with E-state index in [9.17, 15) is 4.79 Å². The predicted octanol–water partition coefficient (Wildman–Crippen LogP) is 0.519. The van der Waals surface area contributed by atoms with Gasteiger partial charge in [0.1, 0.15) is 6.54 Å². The number of carbonyl (C=O) groups is 1. The molecule has 0 aliphatic carbocycles. The van der Waals surface area contributed by atoms with Gasteiger partial charge in [0, 0.05) is 43.8 Å². The Balaban J connectivity index is 1.49. The minimum absolute atomic E-state index is 0.141. The van der Waals surface area contributed by atoms with Gasteiger partial charge in [-0.2, -0.15) is 5.10 Å². The number of amidine groups is 1. The quantitative estimate of drug-likeness (QED) is 0.798. The van der Waals surface area contributed by atoms with Gasteiger partial charge in [0.15, 0.2) is 5.17 Å². The normalized spacial score (nSPS) is 23.1. The van der Waals surface area contributed by atoms with Crippen LogP contribution in [-0.4, -0.2) is 68.6 Å². The van der Waals surface area contributed by atoms with Crippen LogP contribution in [-0.2, 0) is 11.3 Å². The Labute approximate surface area is 122 Å². The van der Waals surface area contributed by atoms with E-state index in [1.54, 1.807) is 10.9 Å². The van der Waals surface area contributed by atoms with Crippen LogP contribution in [0.2, 0.25) is 0 Å². The predicted molar refractivity (Wildman–Crippen MR) is 79.7 cm³/mol. The standard InChI is InChI=1S/C13H19N5OS/c1-11-9-14-13(20-11)17-7-5-16(6-8-17)12(19)10-18-4-2-3-15-18/h2-4,11H,5-10H2,1H3/t11-/m0/s1. The molecule has 0 N–H and O–H groups in total. The van der Waals surface area contributed by atoms with Crippen LogP contribution in [0.25, 0.3) is 0 Å². The number of hydrogen-bond donors (Lipinski definition) is 0. The molecule has 20 heavy (non-hydrogen) atoms. The van der Waals surface area contributed by atoms with Gasteiger partial charge in [-0.15, -0.1) is 0 Å². The highest BCUT2D eigenvalue weighted by atomic mass is 32.2. The molecule has 6 nitrogen and oxygen atoms in total. The van der Waals surface area contributed by atoms with Crippen molar-refractivity contribution in [3.63, 3.8) is 0 Å². The fourth-order valence-electron chi connectivity index (χ4n) is 2.42. The molecule has 0 saturated carbocycles. The minimum atomic E-state index is 0.141. The number of nitrogens with zero attached hydrogens (tertiary/aromatic N) is 5. The van der Waals surface area contributed by atoms with Crippen LogP contribution in [0.5, 0.6) is 0 Å². The summed E-state index contributed by atoms with van der Waals surface area (Å²) in [5, 5.41) is 5.81. The molecule has 2 aliphatic rings. The Morgan fingerprint density at radius 2 is 2.20 bits per heavy atom. The maximum atomic E-state index is 12.2. The molecule has 0 bridgehead atoms. The first-order valence-electron chi connectivity index (χ1n) is 6.93. The zero-order valence-corrected chi connectivity index (χ0v) is 12.4. The van der Waals surface area contributed by atoms with E-state index in [1.807, 2.05) is 28.9 Å². The van der Waals surface area contributed by atoms with Crippen molar-refractivity contribution < 1.29 is 4.79 Å². The fourth-order valence-corrected chi connectivity index (χ4v) is 3.41. The van der Waals surface area contributed by atoms with Gasteiger partial charge >= 0.3 is 0 Å². The van der Waals surface area contributed by atoms with E-state index in [1.165, 1.54) is 0 Å². The van der Waals surface area contributed by atoms with Gasteiger partial charge in [-0.3, -0.25) is 14.5 Å². The lowest BCUT2D eigenvalue weighted by Gasteiger charge is -2.35. The van der Waals surface area contributed by atoms with Crippen LogP contribution in [0, 0.1) is 0 Å². The van der Waals surface area contributed by atoms with Crippen LogP contribution >= 0.6 is 11.8 Å². The van der Waals surface area contributed by atoms with Gasteiger partial charge in [0.2, 0.25) is 5.91 Å². The highest BCUT2D eigenvalue weighted by molar-refractivity contribution is 8.14. The van der Waals surface area contributed by atoms with Crippen LogP contribution in [0.1, 0.15) is 6.92 Å². The molecule has 2 aliphatic heterocycles. The molecule has 0 spiro atoms. The zero-order valence-electron chi connectivity index (χ0n) is 11.6. The summed E-state index contributed by atoms with van der Waals surface area (Å²) in [5.41, 5.74) is 0. The Hall–Kier alpha value is -1.50. The van der Waals surface area contributed by atoms with E-state index >= 15 is 0 Å². The minimum Gasteiger partial charge on any atom is -0.348 e. The molecular formula is C13H19N5OS. The molecule has 3 heterocycles. The number of piperazine rings is 1. The van der Waals surface area contributed by atoms with Crippen molar-refractivity contribution in [2.24, 2.45) is 4.99 Å². The highest BCUT2D eigenvalue weighted by Crippen LogP contribution is 2.23. The summed E-state index contributed by atoms with van der Waals surface area (Å²) >= 11 is 1.84. The number of amides is 1. The summed E-state index contributed by atoms with van der Waals surface area (Å²) in [6, 6.07) is 1.84. The maximum Gasteiger partial charge on any atom is 0.244 e. The summed E-state index contributed by atoms with van der Waals surface area (Å²) < 4.78 is 1.67. The average molecular weight is 293 g/mol. The van der Waals surface area contributed by atoms with Crippen molar-refractivity contribution in [3.05, 3.63) is 18.5 Å². The second-order valence-electron chi connectivity index (χ2n) is 5.12. The lowest BCUT2D eigenvalue weighted by Crippen LogP contribution is -2.50. The van der Waals surface area contributed by atoms with Crippen molar-refractivity contribution in [3.8, 4) is 0 Å². The van der Waals surface area contributed by atoms with Crippen molar-refractivity contribution >= 4 is 22.8 Å². The molecule has 7 heteroatoms. The Kier molecular flexibility index (Phi) is 3.95.